The minimum absolute atomic E-state index is 0.369. The number of rotatable bonds is 1. The van der Waals surface area contributed by atoms with E-state index < -0.39 is 27.2 Å². The zero-order chi connectivity index (χ0) is 15.3. The number of nitrogens with zero attached hydrogens (tertiary/aromatic N) is 3. The van der Waals surface area contributed by atoms with E-state index in [1.807, 2.05) is 28.8 Å². The molecule has 1 aliphatic carbocycles. The summed E-state index contributed by atoms with van der Waals surface area (Å²) < 4.78 is 27.6. The van der Waals surface area contributed by atoms with Crippen molar-refractivity contribution in [3.63, 3.8) is 0 Å². The molecule has 2 fully saturated rings. The number of fused-ring (bicyclic) bond motifs is 8. The van der Waals surface area contributed by atoms with E-state index in [0.29, 0.717) is 13.0 Å². The van der Waals surface area contributed by atoms with Gasteiger partial charge in [0.15, 0.2) is 0 Å². The number of sulfonamides is 1. The van der Waals surface area contributed by atoms with Crippen molar-refractivity contribution in [2.24, 2.45) is 0 Å². The van der Waals surface area contributed by atoms with Gasteiger partial charge in [0.25, 0.3) is 0 Å². The molecule has 7 heteroatoms. The topological polar surface area (TPSA) is 75.4 Å². The highest BCUT2D eigenvalue weighted by molar-refractivity contribution is 7.88. The SMILES string of the molecule is CS(=O)(=O)N1CC[C@@]2(O)C1[C@@]21c2ccccc2-c2cncn21. The number of hydrogen-bond acceptors (Lipinski definition) is 4. The molecule has 1 spiro atoms. The number of imidazole rings is 1. The van der Waals surface area contributed by atoms with Gasteiger partial charge >= 0.3 is 0 Å². The van der Waals surface area contributed by atoms with Crippen LogP contribution in [0.25, 0.3) is 11.3 Å². The molecule has 1 saturated heterocycles. The molecule has 0 radical (unpaired) electrons. The van der Waals surface area contributed by atoms with Crippen LogP contribution in [0.4, 0.5) is 0 Å². The molecule has 1 aromatic carbocycles. The molecule has 3 aliphatic rings. The van der Waals surface area contributed by atoms with E-state index in [0.717, 1.165) is 16.8 Å². The lowest BCUT2D eigenvalue weighted by atomic mass is 9.96. The lowest BCUT2D eigenvalue weighted by Crippen LogP contribution is -2.38. The molecule has 2 aromatic rings. The van der Waals surface area contributed by atoms with Crippen LogP contribution in [-0.2, 0) is 15.6 Å². The van der Waals surface area contributed by atoms with Crippen LogP contribution in [-0.4, -0.2) is 51.8 Å². The van der Waals surface area contributed by atoms with E-state index in [-0.39, 0.29) is 0 Å². The van der Waals surface area contributed by atoms with Gasteiger partial charge in [-0.25, -0.2) is 13.4 Å². The first kappa shape index (κ1) is 12.8. The average molecular weight is 317 g/mol. The Labute approximate surface area is 128 Å². The quantitative estimate of drug-likeness (QED) is 0.825. The molecular formula is C15H15N3O3S. The number of aromatic nitrogens is 2. The van der Waals surface area contributed by atoms with Crippen molar-refractivity contribution in [3.05, 3.63) is 42.4 Å². The molecule has 1 saturated carbocycles. The Hall–Kier alpha value is -1.70. The Bertz CT molecular complexity index is 922. The second-order valence-corrected chi connectivity index (χ2v) is 8.35. The predicted molar refractivity (Wildman–Crippen MR) is 79.6 cm³/mol. The third kappa shape index (κ3) is 1.11. The Balaban J connectivity index is 1.81. The molecule has 1 unspecified atom stereocenters. The summed E-state index contributed by atoms with van der Waals surface area (Å²) in [5, 5.41) is 11.2. The summed E-state index contributed by atoms with van der Waals surface area (Å²) in [4.78, 5) is 4.21. The van der Waals surface area contributed by atoms with Crippen LogP contribution >= 0.6 is 0 Å². The highest BCUT2D eigenvalue weighted by atomic mass is 32.2. The van der Waals surface area contributed by atoms with Crippen LogP contribution in [0.15, 0.2) is 36.8 Å². The summed E-state index contributed by atoms with van der Waals surface area (Å²) in [6.45, 7) is 0.369. The van der Waals surface area contributed by atoms with Gasteiger partial charge in [-0.1, -0.05) is 24.3 Å². The first-order valence-electron chi connectivity index (χ1n) is 7.24. The van der Waals surface area contributed by atoms with Crippen molar-refractivity contribution in [1.29, 1.82) is 0 Å². The van der Waals surface area contributed by atoms with Gasteiger partial charge in [-0.3, -0.25) is 0 Å². The van der Waals surface area contributed by atoms with E-state index in [1.165, 1.54) is 10.6 Å². The normalized spacial score (nSPS) is 35.5. The molecule has 1 aromatic heterocycles. The molecule has 0 bridgehead atoms. The number of piperidine rings is 1. The number of aliphatic hydroxyl groups is 1. The monoisotopic (exact) mass is 317 g/mol. The van der Waals surface area contributed by atoms with Gasteiger partial charge in [-0.05, 0) is 12.0 Å². The molecule has 2 aliphatic heterocycles. The van der Waals surface area contributed by atoms with Gasteiger partial charge in [0.05, 0.1) is 30.5 Å². The lowest BCUT2D eigenvalue weighted by Gasteiger charge is -2.25. The van der Waals surface area contributed by atoms with Crippen molar-refractivity contribution < 1.29 is 13.5 Å². The lowest BCUT2D eigenvalue weighted by molar-refractivity contribution is 0.115. The fourth-order valence-corrected chi connectivity index (χ4v) is 5.82. The van der Waals surface area contributed by atoms with Crippen LogP contribution in [0.1, 0.15) is 12.0 Å². The maximum Gasteiger partial charge on any atom is 0.211 e. The highest BCUT2D eigenvalue weighted by Gasteiger charge is 2.85. The van der Waals surface area contributed by atoms with E-state index in [4.69, 9.17) is 0 Å². The van der Waals surface area contributed by atoms with Crippen LogP contribution in [0, 0.1) is 0 Å². The zero-order valence-corrected chi connectivity index (χ0v) is 12.8. The number of benzene rings is 1. The molecule has 3 atom stereocenters. The molecule has 0 amide bonds. The Morgan fingerprint density at radius 3 is 2.91 bits per heavy atom. The van der Waals surface area contributed by atoms with Crippen molar-refractivity contribution in [2.75, 3.05) is 12.8 Å². The molecule has 1 N–H and O–H groups in total. The summed E-state index contributed by atoms with van der Waals surface area (Å²) >= 11 is 0. The Morgan fingerprint density at radius 1 is 1.36 bits per heavy atom. The van der Waals surface area contributed by atoms with E-state index in [1.54, 1.807) is 12.5 Å². The maximum absolute atomic E-state index is 12.1. The van der Waals surface area contributed by atoms with Gasteiger partial charge in [0.2, 0.25) is 10.0 Å². The van der Waals surface area contributed by atoms with Crippen LogP contribution in [0.5, 0.6) is 0 Å². The van der Waals surface area contributed by atoms with Crippen LogP contribution < -0.4 is 0 Å². The van der Waals surface area contributed by atoms with E-state index in [9.17, 15) is 13.5 Å². The summed E-state index contributed by atoms with van der Waals surface area (Å²) in [6, 6.07) is 7.42. The molecule has 6 nitrogen and oxygen atoms in total. The Kier molecular flexibility index (Phi) is 2.01. The second-order valence-electron chi connectivity index (χ2n) is 6.41. The van der Waals surface area contributed by atoms with Crippen molar-refractivity contribution in [3.8, 4) is 11.3 Å². The third-order valence-corrected chi connectivity index (χ3v) is 6.73. The molecule has 22 heavy (non-hydrogen) atoms. The highest BCUT2D eigenvalue weighted by Crippen LogP contribution is 2.70. The van der Waals surface area contributed by atoms with Gasteiger partial charge in [-0.15, -0.1) is 0 Å². The summed E-state index contributed by atoms with van der Waals surface area (Å²) in [6.07, 6.45) is 5.12. The molecule has 114 valence electrons. The summed E-state index contributed by atoms with van der Waals surface area (Å²) in [5.74, 6) is 0. The van der Waals surface area contributed by atoms with Crippen molar-refractivity contribution >= 4 is 10.0 Å². The predicted octanol–water partition coefficient (Wildman–Crippen LogP) is 0.386. The largest absolute Gasteiger partial charge is 0.385 e. The van der Waals surface area contributed by atoms with Gasteiger partial charge in [-0.2, -0.15) is 4.31 Å². The minimum Gasteiger partial charge on any atom is -0.385 e. The molecule has 5 rings (SSSR count). The third-order valence-electron chi connectivity index (χ3n) is 5.48. The fraction of sp³-hybridized carbons (Fsp3) is 0.400. The van der Waals surface area contributed by atoms with Gasteiger partial charge in [0.1, 0.15) is 11.1 Å². The average Bonchev–Trinajstić information content (AvgIpc) is 2.92. The zero-order valence-electron chi connectivity index (χ0n) is 12.0. The minimum atomic E-state index is -3.36. The fourth-order valence-electron chi connectivity index (χ4n) is 4.69. The van der Waals surface area contributed by atoms with Crippen LogP contribution in [0.3, 0.4) is 0 Å². The second kappa shape index (κ2) is 3.45. The Morgan fingerprint density at radius 2 is 2.14 bits per heavy atom. The standard InChI is InChI=1S/C15H15N3O3S/c1-22(20,21)18-7-6-14(19)13(18)15(14)11-5-3-2-4-10(11)12-8-16-9-17(12)15/h2-5,8-9,13,19H,6-7H2,1H3/t13?,14-,15+/m1/s1. The van der Waals surface area contributed by atoms with Crippen molar-refractivity contribution in [2.45, 2.75) is 23.6 Å². The van der Waals surface area contributed by atoms with Crippen LogP contribution in [0.2, 0.25) is 0 Å². The maximum atomic E-state index is 12.1. The number of hydrogen-bond donors (Lipinski definition) is 1. The van der Waals surface area contributed by atoms with Gasteiger partial charge < -0.3 is 9.67 Å². The first-order chi connectivity index (χ1) is 10.4. The van der Waals surface area contributed by atoms with E-state index in [2.05, 4.69) is 4.98 Å². The summed E-state index contributed by atoms with van der Waals surface area (Å²) in [7, 11) is -3.36. The van der Waals surface area contributed by atoms with Gasteiger partial charge in [0, 0.05) is 12.1 Å². The smallest absolute Gasteiger partial charge is 0.211 e. The molecular weight excluding hydrogens is 302 g/mol. The summed E-state index contributed by atoms with van der Waals surface area (Å²) in [5.41, 5.74) is 1.17. The van der Waals surface area contributed by atoms with Crippen molar-refractivity contribution in [1.82, 2.24) is 13.9 Å². The first-order valence-corrected chi connectivity index (χ1v) is 9.09. The van der Waals surface area contributed by atoms with E-state index >= 15 is 0 Å². The molecule has 3 heterocycles.